The monoisotopic (exact) mass is 330 g/mol. The summed E-state index contributed by atoms with van der Waals surface area (Å²) in [6.07, 6.45) is 0. The fourth-order valence-corrected chi connectivity index (χ4v) is 2.44. The van der Waals surface area contributed by atoms with Crippen LogP contribution in [0.25, 0.3) is 0 Å². The molecule has 0 unspecified atom stereocenters. The van der Waals surface area contributed by atoms with Gasteiger partial charge in [-0.3, -0.25) is 9.69 Å². The van der Waals surface area contributed by atoms with Crippen LogP contribution in [0.1, 0.15) is 12.5 Å². The third kappa shape index (κ3) is 3.65. The Morgan fingerprint density at radius 2 is 1.92 bits per heavy atom. The van der Waals surface area contributed by atoms with Crippen molar-refractivity contribution in [2.75, 3.05) is 19.2 Å². The normalized spacial score (nSPS) is 13.8. The molecule has 0 fully saturated rings. The molecule has 2 aromatic rings. The number of halogens is 1. The maximum absolute atomic E-state index is 13.0. The molecule has 0 aromatic heterocycles. The van der Waals surface area contributed by atoms with Crippen molar-refractivity contribution >= 4 is 11.6 Å². The van der Waals surface area contributed by atoms with Gasteiger partial charge in [0.25, 0.3) is 0 Å². The Morgan fingerprint density at radius 3 is 2.67 bits per heavy atom. The molecular formula is C18H19FN2O3. The van der Waals surface area contributed by atoms with E-state index in [1.54, 1.807) is 30.3 Å². The first-order chi connectivity index (χ1) is 11.5. The molecule has 0 radical (unpaired) electrons. The van der Waals surface area contributed by atoms with Crippen LogP contribution < -0.4 is 14.8 Å². The number of rotatable bonds is 5. The van der Waals surface area contributed by atoms with Gasteiger partial charge in [0.1, 0.15) is 5.82 Å². The van der Waals surface area contributed by atoms with E-state index >= 15 is 0 Å². The number of likely N-dealkylation sites (N-methyl/N-ethyl adjacent to an activating group) is 1. The molecule has 0 bridgehead atoms. The molecule has 1 amide bonds. The lowest BCUT2D eigenvalue weighted by atomic mass is 10.2. The van der Waals surface area contributed by atoms with Crippen LogP contribution in [0, 0.1) is 5.82 Å². The van der Waals surface area contributed by atoms with Gasteiger partial charge in [-0.1, -0.05) is 12.1 Å². The predicted octanol–water partition coefficient (Wildman–Crippen LogP) is 3.01. The highest BCUT2D eigenvalue weighted by atomic mass is 19.1. The molecule has 1 aliphatic heterocycles. The summed E-state index contributed by atoms with van der Waals surface area (Å²) in [4.78, 5) is 14.3. The molecule has 1 aliphatic rings. The van der Waals surface area contributed by atoms with Gasteiger partial charge in [0.15, 0.2) is 11.5 Å². The summed E-state index contributed by atoms with van der Waals surface area (Å²) >= 11 is 0. The van der Waals surface area contributed by atoms with Gasteiger partial charge < -0.3 is 14.8 Å². The molecule has 5 nitrogen and oxygen atoms in total. The predicted molar refractivity (Wildman–Crippen MR) is 88.5 cm³/mol. The SMILES string of the molecule is C[C@@H](C(=O)Nc1ccc2c(c1)OCO2)N(C)Cc1ccc(F)cc1. The topological polar surface area (TPSA) is 50.8 Å². The third-order valence-corrected chi connectivity index (χ3v) is 4.03. The van der Waals surface area contributed by atoms with Crippen molar-refractivity contribution in [1.82, 2.24) is 4.90 Å². The Hall–Kier alpha value is -2.60. The molecule has 2 aromatic carbocycles. The molecule has 6 heteroatoms. The minimum atomic E-state index is -0.347. The smallest absolute Gasteiger partial charge is 0.241 e. The molecular weight excluding hydrogens is 311 g/mol. The molecule has 126 valence electrons. The number of nitrogens with zero attached hydrogens (tertiary/aromatic N) is 1. The molecule has 1 N–H and O–H groups in total. The number of carbonyl (C=O) groups excluding carboxylic acids is 1. The zero-order chi connectivity index (χ0) is 17.1. The highest BCUT2D eigenvalue weighted by molar-refractivity contribution is 5.94. The van der Waals surface area contributed by atoms with Crippen molar-refractivity contribution in [1.29, 1.82) is 0 Å². The number of hydrogen-bond acceptors (Lipinski definition) is 4. The van der Waals surface area contributed by atoms with Gasteiger partial charge in [-0.05, 0) is 43.8 Å². The van der Waals surface area contributed by atoms with Gasteiger partial charge in [-0.15, -0.1) is 0 Å². The number of anilines is 1. The van der Waals surface area contributed by atoms with E-state index in [4.69, 9.17) is 9.47 Å². The quantitative estimate of drug-likeness (QED) is 0.916. The molecule has 3 rings (SSSR count). The minimum Gasteiger partial charge on any atom is -0.454 e. The lowest BCUT2D eigenvalue weighted by Gasteiger charge is -2.24. The summed E-state index contributed by atoms with van der Waals surface area (Å²) < 4.78 is 23.5. The van der Waals surface area contributed by atoms with Crippen molar-refractivity contribution in [3.05, 3.63) is 53.8 Å². The largest absolute Gasteiger partial charge is 0.454 e. The summed E-state index contributed by atoms with van der Waals surface area (Å²) in [5.41, 5.74) is 1.60. The van der Waals surface area contributed by atoms with Crippen molar-refractivity contribution in [3.63, 3.8) is 0 Å². The fraction of sp³-hybridized carbons (Fsp3) is 0.278. The van der Waals surface area contributed by atoms with Gasteiger partial charge in [-0.25, -0.2) is 4.39 Å². The number of fused-ring (bicyclic) bond motifs is 1. The van der Waals surface area contributed by atoms with Gasteiger partial charge >= 0.3 is 0 Å². The Morgan fingerprint density at radius 1 is 1.21 bits per heavy atom. The first-order valence-corrected chi connectivity index (χ1v) is 7.68. The van der Waals surface area contributed by atoms with Crippen LogP contribution in [-0.4, -0.2) is 30.7 Å². The molecule has 1 atom stereocenters. The second-order valence-corrected chi connectivity index (χ2v) is 5.77. The highest BCUT2D eigenvalue weighted by Gasteiger charge is 2.20. The third-order valence-electron chi connectivity index (χ3n) is 4.03. The second kappa shape index (κ2) is 6.88. The minimum absolute atomic E-state index is 0.126. The number of nitrogens with one attached hydrogen (secondary N) is 1. The van der Waals surface area contributed by atoms with E-state index in [2.05, 4.69) is 5.32 Å². The molecule has 0 saturated heterocycles. The van der Waals surface area contributed by atoms with Crippen LogP contribution in [0.5, 0.6) is 11.5 Å². The number of benzene rings is 2. The molecule has 24 heavy (non-hydrogen) atoms. The van der Waals surface area contributed by atoms with Gasteiger partial charge in [0, 0.05) is 18.3 Å². The van der Waals surface area contributed by atoms with Crippen LogP contribution >= 0.6 is 0 Å². The van der Waals surface area contributed by atoms with E-state index < -0.39 is 0 Å². The number of amides is 1. The second-order valence-electron chi connectivity index (χ2n) is 5.77. The van der Waals surface area contributed by atoms with Crippen LogP contribution in [-0.2, 0) is 11.3 Å². The van der Waals surface area contributed by atoms with E-state index in [1.165, 1.54) is 12.1 Å². The van der Waals surface area contributed by atoms with Crippen molar-refractivity contribution in [3.8, 4) is 11.5 Å². The Labute approximate surface area is 140 Å². The van der Waals surface area contributed by atoms with E-state index in [0.29, 0.717) is 23.7 Å². The van der Waals surface area contributed by atoms with Gasteiger partial charge in [0.05, 0.1) is 6.04 Å². The van der Waals surface area contributed by atoms with E-state index in [9.17, 15) is 9.18 Å². The summed E-state index contributed by atoms with van der Waals surface area (Å²) in [6, 6.07) is 11.2. The Balaban J connectivity index is 1.60. The Bertz CT molecular complexity index is 734. The van der Waals surface area contributed by atoms with Crippen molar-refractivity contribution in [2.45, 2.75) is 19.5 Å². The first-order valence-electron chi connectivity index (χ1n) is 7.68. The van der Waals surface area contributed by atoms with Crippen LogP contribution in [0.2, 0.25) is 0 Å². The zero-order valence-corrected chi connectivity index (χ0v) is 13.6. The van der Waals surface area contributed by atoms with Crippen molar-refractivity contribution < 1.29 is 18.7 Å². The molecule has 0 saturated carbocycles. The van der Waals surface area contributed by atoms with Crippen LogP contribution in [0.4, 0.5) is 10.1 Å². The lowest BCUT2D eigenvalue weighted by molar-refractivity contribution is -0.120. The summed E-state index contributed by atoms with van der Waals surface area (Å²) in [5, 5.41) is 2.87. The average molecular weight is 330 g/mol. The molecule has 0 aliphatic carbocycles. The molecule has 0 spiro atoms. The lowest BCUT2D eigenvalue weighted by Crippen LogP contribution is -2.39. The Kier molecular flexibility index (Phi) is 4.66. The summed E-state index contributed by atoms with van der Waals surface area (Å²) in [7, 11) is 1.85. The maximum atomic E-state index is 13.0. The summed E-state index contributed by atoms with van der Waals surface area (Å²) in [5.74, 6) is 0.906. The van der Waals surface area contributed by atoms with Crippen molar-refractivity contribution in [2.24, 2.45) is 0 Å². The fourth-order valence-electron chi connectivity index (χ4n) is 2.44. The highest BCUT2D eigenvalue weighted by Crippen LogP contribution is 2.34. The van der Waals surface area contributed by atoms with Gasteiger partial charge in [-0.2, -0.15) is 0 Å². The van der Waals surface area contributed by atoms with E-state index in [-0.39, 0.29) is 24.6 Å². The van der Waals surface area contributed by atoms with Gasteiger partial charge in [0.2, 0.25) is 12.7 Å². The number of carbonyl (C=O) groups is 1. The summed E-state index contributed by atoms with van der Waals surface area (Å²) in [6.45, 7) is 2.57. The zero-order valence-electron chi connectivity index (χ0n) is 13.6. The number of hydrogen-bond donors (Lipinski definition) is 1. The first kappa shape index (κ1) is 16.3. The van der Waals surface area contributed by atoms with Crippen LogP contribution in [0.3, 0.4) is 0 Å². The van der Waals surface area contributed by atoms with E-state index in [1.807, 2.05) is 18.9 Å². The molecule has 1 heterocycles. The maximum Gasteiger partial charge on any atom is 0.241 e. The standard InChI is InChI=1S/C18H19FN2O3/c1-12(21(2)10-13-3-5-14(19)6-4-13)18(22)20-15-7-8-16-17(9-15)24-11-23-16/h3-9,12H,10-11H2,1-2H3,(H,20,22)/t12-/m0/s1. The average Bonchev–Trinajstić information content (AvgIpc) is 3.03. The van der Waals surface area contributed by atoms with Crippen LogP contribution in [0.15, 0.2) is 42.5 Å². The van der Waals surface area contributed by atoms with E-state index in [0.717, 1.165) is 5.56 Å². The number of ether oxygens (including phenoxy) is 2.